The molecule has 0 aromatic carbocycles. The number of hydrogen-bond donors (Lipinski definition) is 0. The third-order valence-corrected chi connectivity index (χ3v) is 4.33. The van der Waals surface area contributed by atoms with Crippen LogP contribution in [-0.2, 0) is 10.0 Å². The van der Waals surface area contributed by atoms with Gasteiger partial charge in [-0.25, -0.2) is 8.42 Å². The van der Waals surface area contributed by atoms with E-state index in [4.69, 9.17) is 0 Å². The van der Waals surface area contributed by atoms with Gasteiger partial charge in [0.1, 0.15) is 0 Å². The van der Waals surface area contributed by atoms with Crippen LogP contribution < -0.4 is 0 Å². The van der Waals surface area contributed by atoms with Crippen molar-refractivity contribution in [2.45, 2.75) is 18.1 Å². The van der Waals surface area contributed by atoms with Crippen LogP contribution >= 0.6 is 22.6 Å². The molecule has 0 spiro atoms. The van der Waals surface area contributed by atoms with E-state index in [1.807, 2.05) is 22.6 Å². The molecule has 12 heavy (non-hydrogen) atoms. The minimum Gasteiger partial charge on any atom is -0.204 e. The Morgan fingerprint density at radius 1 is 1.58 bits per heavy atom. The van der Waals surface area contributed by atoms with Gasteiger partial charge in [-0.3, -0.25) is 0 Å². The molecule has 0 saturated heterocycles. The van der Waals surface area contributed by atoms with Crippen molar-refractivity contribution in [1.82, 2.24) is 9.19 Å². The summed E-state index contributed by atoms with van der Waals surface area (Å²) in [5, 5.41) is 3.58. The summed E-state index contributed by atoms with van der Waals surface area (Å²) in [5.74, 6) is 0. The molecule has 1 aromatic heterocycles. The van der Waals surface area contributed by atoms with Crippen molar-refractivity contribution in [3.05, 3.63) is 16.0 Å². The van der Waals surface area contributed by atoms with Crippen LogP contribution in [0.3, 0.4) is 0 Å². The van der Waals surface area contributed by atoms with E-state index in [-0.39, 0.29) is 5.25 Å². The van der Waals surface area contributed by atoms with Crippen LogP contribution in [0.2, 0.25) is 0 Å². The van der Waals surface area contributed by atoms with Crippen molar-refractivity contribution in [2.24, 2.45) is 0 Å². The van der Waals surface area contributed by atoms with Crippen molar-refractivity contribution in [2.75, 3.05) is 0 Å². The van der Waals surface area contributed by atoms with Gasteiger partial charge in [-0.2, -0.15) is 9.19 Å². The molecule has 66 valence electrons. The Hall–Kier alpha value is -0.110. The molecule has 1 fully saturated rings. The van der Waals surface area contributed by atoms with Crippen molar-refractivity contribution in [3.63, 3.8) is 0 Å². The predicted molar refractivity (Wildman–Crippen MR) is 52.3 cm³/mol. The minimum absolute atomic E-state index is 0.187. The highest BCUT2D eigenvalue weighted by Crippen LogP contribution is 2.29. The molecule has 0 bridgehead atoms. The highest BCUT2D eigenvalue weighted by atomic mass is 127. The first-order valence-corrected chi connectivity index (χ1v) is 6.13. The maximum atomic E-state index is 11.5. The van der Waals surface area contributed by atoms with Gasteiger partial charge in [0.15, 0.2) is 0 Å². The Labute approximate surface area is 84.2 Å². The molecular formula is C6H7IN2O2S. The molecule has 1 saturated carbocycles. The lowest BCUT2D eigenvalue weighted by Crippen LogP contribution is -2.17. The summed E-state index contributed by atoms with van der Waals surface area (Å²) < 4.78 is 24.9. The Kier molecular flexibility index (Phi) is 1.90. The van der Waals surface area contributed by atoms with Gasteiger partial charge < -0.3 is 0 Å². The summed E-state index contributed by atoms with van der Waals surface area (Å²) in [6.45, 7) is 0. The second-order valence-electron chi connectivity index (χ2n) is 2.78. The third-order valence-electron chi connectivity index (χ3n) is 1.73. The molecule has 0 radical (unpaired) electrons. The topological polar surface area (TPSA) is 52.0 Å². The van der Waals surface area contributed by atoms with E-state index in [1.54, 1.807) is 6.20 Å². The maximum Gasteiger partial charge on any atom is 0.256 e. The normalized spacial score (nSPS) is 18.1. The molecule has 4 nitrogen and oxygen atoms in total. The van der Waals surface area contributed by atoms with Crippen molar-refractivity contribution < 1.29 is 8.42 Å². The number of hydrogen-bond acceptors (Lipinski definition) is 3. The molecule has 1 aliphatic rings. The van der Waals surface area contributed by atoms with E-state index in [2.05, 4.69) is 5.10 Å². The van der Waals surface area contributed by atoms with Gasteiger partial charge in [-0.05, 0) is 35.4 Å². The fourth-order valence-corrected chi connectivity index (χ4v) is 3.00. The molecule has 1 heterocycles. The Morgan fingerprint density at radius 2 is 2.25 bits per heavy atom. The maximum absolute atomic E-state index is 11.5. The van der Waals surface area contributed by atoms with Crippen LogP contribution in [0.5, 0.6) is 0 Å². The SMILES string of the molecule is O=S(=O)(C1CC1)n1cc(I)cn1. The Morgan fingerprint density at radius 3 is 2.67 bits per heavy atom. The molecule has 1 aliphatic carbocycles. The molecule has 1 aromatic rings. The lowest BCUT2D eigenvalue weighted by Gasteiger charge is -1.99. The number of rotatable bonds is 2. The first kappa shape index (κ1) is 8.49. The average molecular weight is 298 g/mol. The minimum atomic E-state index is -3.14. The summed E-state index contributed by atoms with van der Waals surface area (Å²) in [6, 6.07) is 0. The summed E-state index contributed by atoms with van der Waals surface area (Å²) in [4.78, 5) is 0. The van der Waals surface area contributed by atoms with E-state index in [9.17, 15) is 8.42 Å². The number of halogens is 1. The third kappa shape index (κ3) is 1.37. The van der Waals surface area contributed by atoms with Gasteiger partial charge in [0.2, 0.25) is 0 Å². The number of nitrogens with zero attached hydrogens (tertiary/aromatic N) is 2. The zero-order chi connectivity index (χ0) is 8.77. The molecular weight excluding hydrogens is 291 g/mol. The molecule has 0 aliphatic heterocycles. The second kappa shape index (κ2) is 2.69. The van der Waals surface area contributed by atoms with Gasteiger partial charge in [-0.15, -0.1) is 0 Å². The fraction of sp³-hybridized carbons (Fsp3) is 0.500. The summed E-state index contributed by atoms with van der Waals surface area (Å²) in [7, 11) is -3.14. The first-order chi connectivity index (χ1) is 5.60. The van der Waals surface area contributed by atoms with Crippen LogP contribution in [-0.4, -0.2) is 22.9 Å². The quantitative estimate of drug-likeness (QED) is 0.760. The molecule has 0 amide bonds. The molecule has 6 heteroatoms. The second-order valence-corrected chi connectivity index (χ2v) is 6.09. The smallest absolute Gasteiger partial charge is 0.204 e. The zero-order valence-electron chi connectivity index (χ0n) is 6.14. The van der Waals surface area contributed by atoms with Crippen LogP contribution in [0.4, 0.5) is 0 Å². The van der Waals surface area contributed by atoms with Gasteiger partial charge >= 0.3 is 0 Å². The summed E-state index contributed by atoms with van der Waals surface area (Å²) in [5.41, 5.74) is 0. The van der Waals surface area contributed by atoms with Crippen molar-refractivity contribution in [1.29, 1.82) is 0 Å². The van der Waals surface area contributed by atoms with Crippen molar-refractivity contribution in [3.8, 4) is 0 Å². The van der Waals surface area contributed by atoms with Crippen LogP contribution in [0.15, 0.2) is 12.4 Å². The van der Waals surface area contributed by atoms with Crippen LogP contribution in [0, 0.1) is 3.57 Å². The first-order valence-electron chi connectivity index (χ1n) is 3.55. The highest BCUT2D eigenvalue weighted by Gasteiger charge is 2.37. The van der Waals surface area contributed by atoms with Crippen LogP contribution in [0.25, 0.3) is 0 Å². The summed E-state index contributed by atoms with van der Waals surface area (Å²) >= 11 is 2.04. The number of aromatic nitrogens is 2. The predicted octanol–water partition coefficient (Wildman–Crippen LogP) is 0.828. The van der Waals surface area contributed by atoms with Gasteiger partial charge in [0.25, 0.3) is 10.0 Å². The lowest BCUT2D eigenvalue weighted by molar-refractivity contribution is 0.578. The van der Waals surface area contributed by atoms with Crippen LogP contribution in [0.1, 0.15) is 12.8 Å². The Balaban J connectivity index is 2.41. The van der Waals surface area contributed by atoms with Gasteiger partial charge in [0, 0.05) is 0 Å². The lowest BCUT2D eigenvalue weighted by atomic mass is 10.8. The largest absolute Gasteiger partial charge is 0.256 e. The Bertz CT molecular complexity index is 393. The molecule has 2 rings (SSSR count). The highest BCUT2D eigenvalue weighted by molar-refractivity contribution is 14.1. The van der Waals surface area contributed by atoms with E-state index in [0.29, 0.717) is 0 Å². The van der Waals surface area contributed by atoms with Gasteiger partial charge in [0.05, 0.1) is 21.2 Å². The monoisotopic (exact) mass is 298 g/mol. The van der Waals surface area contributed by atoms with E-state index < -0.39 is 10.0 Å². The fourth-order valence-electron chi connectivity index (χ4n) is 0.942. The zero-order valence-corrected chi connectivity index (χ0v) is 9.12. The summed E-state index contributed by atoms with van der Waals surface area (Å²) in [6.07, 6.45) is 4.63. The standard InChI is InChI=1S/C6H7IN2O2S/c7-5-3-8-9(4-5)12(10,11)6-1-2-6/h3-4,6H,1-2H2. The van der Waals surface area contributed by atoms with E-state index in [0.717, 1.165) is 20.5 Å². The van der Waals surface area contributed by atoms with E-state index >= 15 is 0 Å². The van der Waals surface area contributed by atoms with Crippen molar-refractivity contribution >= 4 is 32.6 Å². The van der Waals surface area contributed by atoms with E-state index in [1.165, 1.54) is 6.20 Å². The van der Waals surface area contributed by atoms with Gasteiger partial charge in [-0.1, -0.05) is 0 Å². The molecule has 0 unspecified atom stereocenters. The molecule has 0 atom stereocenters. The molecule has 0 N–H and O–H groups in total. The average Bonchev–Trinajstić information content (AvgIpc) is 2.75.